The Morgan fingerprint density at radius 3 is 2.78 bits per heavy atom. The number of rotatable bonds is 7. The number of thioether (sulfide) groups is 1. The number of nitrogens with zero attached hydrogens (tertiary/aromatic N) is 4. The molecule has 2 aromatic heterocycles. The molecule has 0 aliphatic carbocycles. The first-order valence-corrected chi connectivity index (χ1v) is 10.5. The summed E-state index contributed by atoms with van der Waals surface area (Å²) in [6.45, 7) is 1.71. The van der Waals surface area contributed by atoms with Gasteiger partial charge in [0.2, 0.25) is 11.8 Å². The molecule has 32 heavy (non-hydrogen) atoms. The van der Waals surface area contributed by atoms with Gasteiger partial charge in [-0.05, 0) is 31.2 Å². The minimum atomic E-state index is -0.576. The fourth-order valence-electron chi connectivity index (χ4n) is 3.13. The van der Waals surface area contributed by atoms with Gasteiger partial charge in [0.15, 0.2) is 11.0 Å². The second kappa shape index (κ2) is 9.18. The van der Waals surface area contributed by atoms with Crippen molar-refractivity contribution in [3.05, 3.63) is 47.7 Å². The molecule has 1 saturated heterocycles. The van der Waals surface area contributed by atoms with Crippen LogP contribution in [0.2, 0.25) is 0 Å². The van der Waals surface area contributed by atoms with Crippen molar-refractivity contribution in [3.8, 4) is 5.69 Å². The van der Waals surface area contributed by atoms with E-state index in [9.17, 15) is 18.8 Å². The van der Waals surface area contributed by atoms with Crippen LogP contribution in [0.15, 0.2) is 40.0 Å². The highest BCUT2D eigenvalue weighted by atomic mass is 32.2. The number of halogens is 1. The average molecular weight is 459 g/mol. The number of carbonyl (C=O) groups excluding carboxylic acids is 3. The van der Waals surface area contributed by atoms with Gasteiger partial charge in [-0.1, -0.05) is 16.9 Å². The number of hydrogen-bond acceptors (Lipinski definition) is 8. The Labute approximate surface area is 185 Å². The minimum Gasteiger partial charge on any atom is -0.360 e. The first-order valence-electron chi connectivity index (χ1n) is 9.54. The largest absolute Gasteiger partial charge is 0.360 e. The zero-order valence-electron chi connectivity index (χ0n) is 16.8. The number of nitrogens with one attached hydrogen (secondary N) is 3. The second-order valence-electron chi connectivity index (χ2n) is 7.00. The van der Waals surface area contributed by atoms with E-state index in [0.717, 1.165) is 11.8 Å². The van der Waals surface area contributed by atoms with E-state index >= 15 is 0 Å². The number of hydrogen-bond donors (Lipinski definition) is 3. The molecule has 1 aromatic carbocycles. The van der Waals surface area contributed by atoms with Gasteiger partial charge < -0.3 is 15.2 Å². The van der Waals surface area contributed by atoms with E-state index in [1.165, 1.54) is 12.1 Å². The van der Waals surface area contributed by atoms with Gasteiger partial charge in [-0.3, -0.25) is 19.5 Å². The quantitative estimate of drug-likeness (QED) is 0.452. The summed E-state index contributed by atoms with van der Waals surface area (Å²) in [5, 5.41) is 19.9. The number of benzene rings is 1. The van der Waals surface area contributed by atoms with Crippen LogP contribution in [0.4, 0.5) is 15.0 Å². The molecule has 3 heterocycles. The normalized spacial score (nSPS) is 15.9. The maximum atomic E-state index is 13.4. The molecule has 1 aliphatic rings. The summed E-state index contributed by atoms with van der Waals surface area (Å²) in [6.07, 6.45) is 0.304. The Kier molecular flexibility index (Phi) is 6.16. The third-order valence-corrected chi connectivity index (χ3v) is 5.39. The van der Waals surface area contributed by atoms with Crippen LogP contribution in [-0.4, -0.2) is 49.6 Å². The molecule has 3 N–H and O–H groups in total. The standard InChI is InChI=1S/C19H18FN7O4S/c1-10-6-14(26-31-10)22-17(29)9-32-19-25-24-15(7-12-8-16(28)23-18(30)21-12)27(19)13-4-2-11(20)3-5-13/h2-6,12H,7-9H2,1H3,(H,22,26,29)(H2,21,23,28,30). The van der Waals surface area contributed by atoms with Gasteiger partial charge in [0, 0.05) is 30.6 Å². The monoisotopic (exact) mass is 459 g/mol. The smallest absolute Gasteiger partial charge is 0.321 e. The van der Waals surface area contributed by atoms with Crippen molar-refractivity contribution in [1.29, 1.82) is 0 Å². The number of urea groups is 1. The third kappa shape index (κ3) is 5.11. The third-order valence-electron chi connectivity index (χ3n) is 4.46. The molecule has 0 saturated carbocycles. The number of aromatic nitrogens is 4. The molecule has 1 unspecified atom stereocenters. The number of aryl methyl sites for hydroxylation is 1. The highest BCUT2D eigenvalue weighted by Crippen LogP contribution is 2.24. The molecule has 1 atom stereocenters. The second-order valence-corrected chi connectivity index (χ2v) is 7.94. The predicted octanol–water partition coefficient (Wildman–Crippen LogP) is 1.57. The van der Waals surface area contributed by atoms with Crippen LogP contribution in [0.5, 0.6) is 0 Å². The minimum absolute atomic E-state index is 0.00774. The van der Waals surface area contributed by atoms with E-state index in [1.807, 2.05) is 0 Å². The van der Waals surface area contributed by atoms with Gasteiger partial charge in [-0.25, -0.2) is 9.18 Å². The van der Waals surface area contributed by atoms with Crippen molar-refractivity contribution in [2.75, 3.05) is 11.1 Å². The SMILES string of the molecule is Cc1cc(NC(=O)CSc2nnc(CC3CC(=O)NC(=O)N3)n2-c2ccc(F)cc2)no1. The number of amides is 4. The van der Waals surface area contributed by atoms with Crippen molar-refractivity contribution < 1.29 is 23.3 Å². The van der Waals surface area contributed by atoms with Crippen LogP contribution in [0.1, 0.15) is 18.0 Å². The Morgan fingerprint density at radius 1 is 1.31 bits per heavy atom. The molecule has 4 rings (SSSR count). The van der Waals surface area contributed by atoms with E-state index in [1.54, 1.807) is 29.7 Å². The summed E-state index contributed by atoms with van der Waals surface area (Å²) in [4.78, 5) is 35.6. The molecular formula is C19H18FN7O4S. The first-order chi connectivity index (χ1) is 15.4. The Morgan fingerprint density at radius 2 is 2.09 bits per heavy atom. The van der Waals surface area contributed by atoms with Crippen LogP contribution in [-0.2, 0) is 16.0 Å². The average Bonchev–Trinajstić information content (AvgIpc) is 3.32. The first kappa shape index (κ1) is 21.5. The van der Waals surface area contributed by atoms with Gasteiger partial charge in [0.25, 0.3) is 0 Å². The van der Waals surface area contributed by atoms with E-state index < -0.39 is 17.9 Å². The lowest BCUT2D eigenvalue weighted by molar-refractivity contribution is -0.121. The van der Waals surface area contributed by atoms with E-state index in [4.69, 9.17) is 4.52 Å². The Bertz CT molecular complexity index is 1140. The van der Waals surface area contributed by atoms with Crippen molar-refractivity contribution in [3.63, 3.8) is 0 Å². The summed E-state index contributed by atoms with van der Waals surface area (Å²) in [5.74, 6) is 0.212. The van der Waals surface area contributed by atoms with E-state index in [0.29, 0.717) is 28.2 Å². The molecule has 1 fully saturated rings. The molecule has 0 radical (unpaired) electrons. The maximum absolute atomic E-state index is 13.4. The summed E-state index contributed by atoms with van der Waals surface area (Å²) in [5.41, 5.74) is 0.577. The molecule has 4 amide bonds. The van der Waals surface area contributed by atoms with Crippen LogP contribution in [0.3, 0.4) is 0 Å². The lowest BCUT2D eigenvalue weighted by Gasteiger charge is -2.23. The molecule has 13 heteroatoms. The number of anilines is 1. The van der Waals surface area contributed by atoms with Crippen molar-refractivity contribution >= 4 is 35.4 Å². The summed E-state index contributed by atoms with van der Waals surface area (Å²) in [6, 6.07) is 6.24. The van der Waals surface area contributed by atoms with Crippen LogP contribution >= 0.6 is 11.8 Å². The highest BCUT2D eigenvalue weighted by molar-refractivity contribution is 7.99. The van der Waals surface area contributed by atoms with Crippen molar-refractivity contribution in [1.82, 2.24) is 30.6 Å². The van der Waals surface area contributed by atoms with Crippen molar-refractivity contribution in [2.45, 2.75) is 31.0 Å². The Hall–Kier alpha value is -3.74. The van der Waals surface area contributed by atoms with Crippen LogP contribution in [0, 0.1) is 12.7 Å². The predicted molar refractivity (Wildman–Crippen MR) is 111 cm³/mol. The summed E-state index contributed by atoms with van der Waals surface area (Å²) in [7, 11) is 0. The zero-order valence-corrected chi connectivity index (χ0v) is 17.6. The van der Waals surface area contributed by atoms with E-state index in [-0.39, 0.29) is 30.4 Å². The van der Waals surface area contributed by atoms with Gasteiger partial charge in [0.05, 0.1) is 5.75 Å². The molecule has 0 spiro atoms. The lowest BCUT2D eigenvalue weighted by atomic mass is 10.1. The fourth-order valence-corrected chi connectivity index (χ4v) is 3.90. The van der Waals surface area contributed by atoms with Crippen LogP contribution in [0.25, 0.3) is 5.69 Å². The van der Waals surface area contributed by atoms with Crippen LogP contribution < -0.4 is 16.0 Å². The number of carbonyl (C=O) groups is 3. The van der Waals surface area contributed by atoms with Gasteiger partial charge in [0.1, 0.15) is 17.4 Å². The fraction of sp³-hybridized carbons (Fsp3) is 0.263. The lowest BCUT2D eigenvalue weighted by Crippen LogP contribution is -2.53. The highest BCUT2D eigenvalue weighted by Gasteiger charge is 2.27. The molecule has 11 nitrogen and oxygen atoms in total. The van der Waals surface area contributed by atoms with Gasteiger partial charge in [-0.15, -0.1) is 10.2 Å². The Balaban J connectivity index is 1.53. The van der Waals surface area contributed by atoms with Gasteiger partial charge in [-0.2, -0.15) is 0 Å². The summed E-state index contributed by atoms with van der Waals surface area (Å²) < 4.78 is 20.0. The molecule has 3 aromatic rings. The maximum Gasteiger partial charge on any atom is 0.321 e. The van der Waals surface area contributed by atoms with E-state index in [2.05, 4.69) is 31.3 Å². The van der Waals surface area contributed by atoms with Crippen molar-refractivity contribution in [2.24, 2.45) is 0 Å². The zero-order chi connectivity index (χ0) is 22.7. The molecule has 1 aliphatic heterocycles. The molecule has 166 valence electrons. The number of imide groups is 1. The molecule has 0 bridgehead atoms. The van der Waals surface area contributed by atoms with Gasteiger partial charge >= 0.3 is 6.03 Å². The summed E-state index contributed by atoms with van der Waals surface area (Å²) >= 11 is 1.12. The molecular weight excluding hydrogens is 441 g/mol. The topological polar surface area (TPSA) is 144 Å².